The molecule has 9 heteroatoms. The number of hydrogen-bond acceptors (Lipinski definition) is 5. The maximum atomic E-state index is 11.5. The van der Waals surface area contributed by atoms with Crippen LogP contribution in [0.25, 0.3) is 5.82 Å². The first-order valence-electron chi connectivity index (χ1n) is 5.09. The van der Waals surface area contributed by atoms with Gasteiger partial charge in [-0.05, 0) is 19.1 Å². The molecule has 2 heterocycles. The lowest BCUT2D eigenvalue weighted by Crippen LogP contribution is -2.18. The molecule has 2 rings (SSSR count). The van der Waals surface area contributed by atoms with Crippen LogP contribution in [0.1, 0.15) is 16.2 Å². The van der Waals surface area contributed by atoms with Gasteiger partial charge in [0.05, 0.1) is 5.69 Å². The Morgan fingerprint density at radius 1 is 1.42 bits per heavy atom. The van der Waals surface area contributed by atoms with Crippen molar-refractivity contribution >= 4 is 16.0 Å². The van der Waals surface area contributed by atoms with Crippen LogP contribution < -0.4 is 5.14 Å². The molecule has 100 valence electrons. The van der Waals surface area contributed by atoms with Crippen molar-refractivity contribution in [3.05, 3.63) is 35.8 Å². The molecule has 0 aliphatic carbocycles. The molecule has 0 aliphatic heterocycles. The highest BCUT2D eigenvalue weighted by molar-refractivity contribution is 7.89. The molecule has 0 saturated heterocycles. The van der Waals surface area contributed by atoms with E-state index in [0.29, 0.717) is 0 Å². The third-order valence-corrected chi connectivity index (χ3v) is 3.42. The van der Waals surface area contributed by atoms with E-state index in [2.05, 4.69) is 10.1 Å². The van der Waals surface area contributed by atoms with E-state index >= 15 is 0 Å². The number of rotatable bonds is 3. The molecule has 0 aliphatic rings. The molecular weight excluding hydrogens is 272 g/mol. The Balaban J connectivity index is 2.82. The first kappa shape index (κ1) is 13.2. The van der Waals surface area contributed by atoms with Gasteiger partial charge in [0, 0.05) is 6.20 Å². The summed E-state index contributed by atoms with van der Waals surface area (Å²) in [5, 5.41) is 18.1. The van der Waals surface area contributed by atoms with Gasteiger partial charge < -0.3 is 5.11 Å². The van der Waals surface area contributed by atoms with Gasteiger partial charge in [0.2, 0.25) is 10.0 Å². The summed E-state index contributed by atoms with van der Waals surface area (Å²) in [5.74, 6) is -1.26. The Hall–Kier alpha value is -2.26. The molecule has 0 atom stereocenters. The number of nitrogens with zero attached hydrogens (tertiary/aromatic N) is 3. The normalized spacial score (nSPS) is 11.5. The lowest BCUT2D eigenvalue weighted by atomic mass is 10.3. The Labute approximate surface area is 108 Å². The topological polar surface area (TPSA) is 128 Å². The molecule has 0 fully saturated rings. The van der Waals surface area contributed by atoms with Crippen LogP contribution >= 0.6 is 0 Å². The summed E-state index contributed by atoms with van der Waals surface area (Å²) in [7, 11) is -4.19. The molecule has 0 saturated carbocycles. The number of nitrogens with two attached hydrogens (primary N) is 1. The number of sulfonamides is 1. The molecular formula is C10H10N4O4S. The summed E-state index contributed by atoms with van der Waals surface area (Å²) >= 11 is 0. The molecule has 0 spiro atoms. The lowest BCUT2D eigenvalue weighted by Gasteiger charge is -2.03. The first-order chi connectivity index (χ1) is 8.82. The van der Waals surface area contributed by atoms with Crippen LogP contribution in [0, 0.1) is 6.92 Å². The lowest BCUT2D eigenvalue weighted by molar-refractivity contribution is 0.0682. The van der Waals surface area contributed by atoms with Crippen LogP contribution in [-0.2, 0) is 10.0 Å². The second-order valence-electron chi connectivity index (χ2n) is 3.71. The quantitative estimate of drug-likeness (QED) is 0.810. The summed E-state index contributed by atoms with van der Waals surface area (Å²) in [6, 6.07) is 4.77. The number of primary sulfonamides is 1. The van der Waals surface area contributed by atoms with E-state index in [1.54, 1.807) is 12.1 Å². The highest BCUT2D eigenvalue weighted by Crippen LogP contribution is 2.21. The molecule has 3 N–H and O–H groups in total. The Morgan fingerprint density at radius 2 is 2.11 bits per heavy atom. The fraction of sp³-hybridized carbons (Fsp3) is 0.100. The van der Waals surface area contributed by atoms with E-state index in [1.807, 2.05) is 0 Å². The molecule has 19 heavy (non-hydrogen) atoms. The van der Waals surface area contributed by atoms with E-state index in [4.69, 9.17) is 5.14 Å². The van der Waals surface area contributed by atoms with Crippen molar-refractivity contribution in [1.29, 1.82) is 0 Å². The standard InChI is InChI=1S/C10H10N4O4S/c1-6-9(19(11,17)18)8(10(15)16)14(13-6)7-4-2-3-5-12-7/h2-5H,1H3,(H,15,16)(H2,11,17,18). The number of carboxylic acid groups (broad SMARTS) is 1. The van der Waals surface area contributed by atoms with Crippen molar-refractivity contribution in [1.82, 2.24) is 14.8 Å². The summed E-state index contributed by atoms with van der Waals surface area (Å²) in [4.78, 5) is 14.7. The second-order valence-corrected chi connectivity index (χ2v) is 5.21. The Kier molecular flexibility index (Phi) is 3.08. The van der Waals surface area contributed by atoms with Crippen molar-refractivity contribution < 1.29 is 18.3 Å². The minimum atomic E-state index is -4.19. The number of carbonyl (C=O) groups is 1. The number of aromatic nitrogens is 3. The summed E-state index contributed by atoms with van der Waals surface area (Å²) in [6.07, 6.45) is 1.44. The fourth-order valence-electron chi connectivity index (χ4n) is 1.69. The minimum Gasteiger partial charge on any atom is -0.476 e. The Morgan fingerprint density at radius 3 is 2.58 bits per heavy atom. The van der Waals surface area contributed by atoms with Gasteiger partial charge in [-0.2, -0.15) is 5.10 Å². The van der Waals surface area contributed by atoms with Crippen LogP contribution in [0.4, 0.5) is 0 Å². The third kappa shape index (κ3) is 2.33. The number of carboxylic acids is 1. The van der Waals surface area contributed by atoms with Gasteiger partial charge in [0.25, 0.3) is 0 Å². The minimum absolute atomic E-state index is 0.00514. The zero-order valence-corrected chi connectivity index (χ0v) is 10.6. The van der Waals surface area contributed by atoms with Gasteiger partial charge in [-0.25, -0.2) is 28.0 Å². The highest BCUT2D eigenvalue weighted by atomic mass is 32.2. The van der Waals surface area contributed by atoms with E-state index < -0.39 is 26.6 Å². The number of aromatic carboxylic acids is 1. The van der Waals surface area contributed by atoms with Crippen LogP contribution in [0.3, 0.4) is 0 Å². The average Bonchev–Trinajstić information content (AvgIpc) is 2.68. The zero-order chi connectivity index (χ0) is 14.2. The van der Waals surface area contributed by atoms with E-state index in [9.17, 15) is 18.3 Å². The summed E-state index contributed by atoms with van der Waals surface area (Å²) in [6.45, 7) is 1.37. The molecule has 0 radical (unpaired) electrons. The van der Waals surface area contributed by atoms with Crippen LogP contribution in [-0.4, -0.2) is 34.3 Å². The van der Waals surface area contributed by atoms with E-state index in [0.717, 1.165) is 4.68 Å². The molecule has 8 nitrogen and oxygen atoms in total. The third-order valence-electron chi connectivity index (χ3n) is 2.36. The first-order valence-corrected chi connectivity index (χ1v) is 6.64. The van der Waals surface area contributed by atoms with Crippen LogP contribution in [0.2, 0.25) is 0 Å². The molecule has 0 bridgehead atoms. The smallest absolute Gasteiger partial charge is 0.356 e. The van der Waals surface area contributed by atoms with Gasteiger partial charge in [0.15, 0.2) is 11.5 Å². The molecule has 0 amide bonds. The van der Waals surface area contributed by atoms with Gasteiger partial charge >= 0.3 is 5.97 Å². The monoisotopic (exact) mass is 282 g/mol. The number of aryl methyl sites for hydroxylation is 1. The second kappa shape index (κ2) is 4.44. The summed E-state index contributed by atoms with van der Waals surface area (Å²) < 4.78 is 23.9. The van der Waals surface area contributed by atoms with Crippen molar-refractivity contribution in [3.63, 3.8) is 0 Å². The van der Waals surface area contributed by atoms with Crippen molar-refractivity contribution in [2.45, 2.75) is 11.8 Å². The average molecular weight is 282 g/mol. The maximum Gasteiger partial charge on any atom is 0.356 e. The predicted octanol–water partition coefficient (Wildman–Crippen LogP) is -0.0787. The number of hydrogen-bond donors (Lipinski definition) is 2. The van der Waals surface area contributed by atoms with Gasteiger partial charge in [0.1, 0.15) is 4.90 Å². The number of pyridine rings is 1. The highest BCUT2D eigenvalue weighted by Gasteiger charge is 2.29. The van der Waals surface area contributed by atoms with Crippen LogP contribution in [0.5, 0.6) is 0 Å². The maximum absolute atomic E-state index is 11.5. The SMILES string of the molecule is Cc1nn(-c2ccccn2)c(C(=O)O)c1S(N)(=O)=O. The van der Waals surface area contributed by atoms with Gasteiger partial charge in [-0.1, -0.05) is 6.07 Å². The fourth-order valence-corrected chi connectivity index (χ4v) is 2.58. The zero-order valence-electron chi connectivity index (χ0n) is 9.81. The van der Waals surface area contributed by atoms with Crippen molar-refractivity contribution in [2.75, 3.05) is 0 Å². The van der Waals surface area contributed by atoms with E-state index in [1.165, 1.54) is 19.2 Å². The van der Waals surface area contributed by atoms with Crippen molar-refractivity contribution in [2.24, 2.45) is 5.14 Å². The molecule has 2 aromatic rings. The Bertz CT molecular complexity index is 736. The van der Waals surface area contributed by atoms with Crippen molar-refractivity contribution in [3.8, 4) is 5.82 Å². The molecule has 0 unspecified atom stereocenters. The molecule has 2 aromatic heterocycles. The van der Waals surface area contributed by atoms with Gasteiger partial charge in [-0.3, -0.25) is 0 Å². The van der Waals surface area contributed by atoms with Crippen LogP contribution in [0.15, 0.2) is 29.3 Å². The predicted molar refractivity (Wildman–Crippen MR) is 64.4 cm³/mol. The largest absolute Gasteiger partial charge is 0.476 e. The molecule has 0 aromatic carbocycles. The van der Waals surface area contributed by atoms with Gasteiger partial charge in [-0.15, -0.1) is 0 Å². The van der Waals surface area contributed by atoms with E-state index in [-0.39, 0.29) is 11.5 Å². The summed E-state index contributed by atoms with van der Waals surface area (Å²) in [5.41, 5.74) is -0.524.